The van der Waals surface area contributed by atoms with Gasteiger partial charge in [0.15, 0.2) is 0 Å². The number of rotatable bonds is 6. The Morgan fingerprint density at radius 2 is 2.28 bits per heavy atom. The van der Waals surface area contributed by atoms with E-state index in [4.69, 9.17) is 14.3 Å². The van der Waals surface area contributed by atoms with Gasteiger partial charge >= 0.3 is 5.97 Å². The summed E-state index contributed by atoms with van der Waals surface area (Å²) in [6, 6.07) is 2.89. The second kappa shape index (κ2) is 5.54. The van der Waals surface area contributed by atoms with Gasteiger partial charge in [-0.3, -0.25) is 0 Å². The van der Waals surface area contributed by atoms with Crippen molar-refractivity contribution in [1.82, 2.24) is 0 Å². The summed E-state index contributed by atoms with van der Waals surface area (Å²) in [4.78, 5) is 10.6. The summed E-state index contributed by atoms with van der Waals surface area (Å²) < 4.78 is 10.5. The normalized spacial score (nSPS) is 24.6. The van der Waals surface area contributed by atoms with Crippen LogP contribution in [0.1, 0.15) is 48.6 Å². The van der Waals surface area contributed by atoms with Crippen molar-refractivity contribution in [3.63, 3.8) is 0 Å². The minimum Gasteiger partial charge on any atom is -0.475 e. The molecular weight excluding hydrogens is 236 g/mol. The van der Waals surface area contributed by atoms with Gasteiger partial charge in [0.2, 0.25) is 5.76 Å². The smallest absolute Gasteiger partial charge is 0.371 e. The van der Waals surface area contributed by atoms with Crippen LogP contribution in [0.3, 0.4) is 0 Å². The monoisotopic (exact) mass is 254 g/mol. The van der Waals surface area contributed by atoms with Crippen LogP contribution < -0.4 is 0 Å². The van der Waals surface area contributed by atoms with Crippen molar-refractivity contribution < 1.29 is 24.2 Å². The summed E-state index contributed by atoms with van der Waals surface area (Å²) in [5.74, 6) is -0.499. The molecule has 18 heavy (non-hydrogen) atoms. The minimum atomic E-state index is -1.12. The molecule has 0 amide bonds. The lowest BCUT2D eigenvalue weighted by Crippen LogP contribution is -2.32. The van der Waals surface area contributed by atoms with Crippen LogP contribution in [-0.4, -0.2) is 28.9 Å². The summed E-state index contributed by atoms with van der Waals surface area (Å²) in [7, 11) is 0. The summed E-state index contributed by atoms with van der Waals surface area (Å²) in [5.41, 5.74) is 0. The highest BCUT2D eigenvalue weighted by atomic mass is 16.5. The third kappa shape index (κ3) is 2.91. The number of carboxylic acid groups (broad SMARTS) is 1. The molecule has 1 unspecified atom stereocenters. The molecule has 1 aliphatic carbocycles. The number of ether oxygens (including phenoxy) is 1. The summed E-state index contributed by atoms with van der Waals surface area (Å²) in [6.07, 6.45) is 2.09. The largest absolute Gasteiger partial charge is 0.475 e. The number of hydrogen-bond acceptors (Lipinski definition) is 4. The molecule has 5 nitrogen and oxygen atoms in total. The maximum atomic E-state index is 10.6. The van der Waals surface area contributed by atoms with Gasteiger partial charge in [-0.25, -0.2) is 4.79 Å². The van der Waals surface area contributed by atoms with Gasteiger partial charge in [0.25, 0.3) is 0 Å². The van der Waals surface area contributed by atoms with Crippen LogP contribution in [0.5, 0.6) is 0 Å². The van der Waals surface area contributed by atoms with Gasteiger partial charge in [-0.15, -0.1) is 0 Å². The van der Waals surface area contributed by atoms with Gasteiger partial charge in [-0.05, 0) is 44.2 Å². The van der Waals surface area contributed by atoms with Crippen LogP contribution >= 0.6 is 0 Å². The number of aliphatic hydroxyl groups is 1. The third-order valence-corrected chi connectivity index (χ3v) is 3.32. The third-order valence-electron chi connectivity index (χ3n) is 3.32. The van der Waals surface area contributed by atoms with Crippen molar-refractivity contribution in [3.8, 4) is 0 Å². The van der Waals surface area contributed by atoms with Gasteiger partial charge in [0, 0.05) is 6.61 Å². The predicted molar refractivity (Wildman–Crippen MR) is 63.4 cm³/mol. The van der Waals surface area contributed by atoms with E-state index in [1.807, 2.05) is 6.92 Å². The zero-order chi connectivity index (χ0) is 13.1. The SMILES string of the molecule is CCOC1CC(CC(O)c2ccc(C(=O)O)o2)C1. The van der Waals surface area contributed by atoms with E-state index < -0.39 is 12.1 Å². The Labute approximate surface area is 105 Å². The molecule has 0 aromatic carbocycles. The van der Waals surface area contributed by atoms with E-state index >= 15 is 0 Å². The molecule has 0 radical (unpaired) electrons. The Hall–Kier alpha value is -1.33. The fourth-order valence-corrected chi connectivity index (χ4v) is 2.32. The van der Waals surface area contributed by atoms with E-state index in [1.165, 1.54) is 12.1 Å². The maximum Gasteiger partial charge on any atom is 0.371 e. The second-order valence-electron chi connectivity index (χ2n) is 4.67. The Morgan fingerprint density at radius 3 is 2.83 bits per heavy atom. The first kappa shape index (κ1) is 13.1. The predicted octanol–water partition coefficient (Wildman–Crippen LogP) is 2.22. The first-order chi connectivity index (χ1) is 8.60. The fraction of sp³-hybridized carbons (Fsp3) is 0.615. The highest BCUT2D eigenvalue weighted by Crippen LogP contribution is 2.37. The quantitative estimate of drug-likeness (QED) is 0.813. The first-order valence-electron chi connectivity index (χ1n) is 6.22. The van der Waals surface area contributed by atoms with Crippen molar-refractivity contribution in [3.05, 3.63) is 23.7 Å². The van der Waals surface area contributed by atoms with Crippen molar-refractivity contribution >= 4 is 5.97 Å². The van der Waals surface area contributed by atoms with Crippen LogP contribution in [0.4, 0.5) is 0 Å². The standard InChI is InChI=1S/C13H18O5/c1-2-17-9-5-8(6-9)7-10(14)11-3-4-12(18-11)13(15)16/h3-4,8-10,14H,2,5-7H2,1H3,(H,15,16). The van der Waals surface area contributed by atoms with Gasteiger partial charge in [-0.2, -0.15) is 0 Å². The lowest BCUT2D eigenvalue weighted by molar-refractivity contribution is -0.0398. The summed E-state index contributed by atoms with van der Waals surface area (Å²) >= 11 is 0. The Balaban J connectivity index is 1.81. The number of hydrogen-bond donors (Lipinski definition) is 2. The molecule has 1 aliphatic rings. The molecule has 0 saturated heterocycles. The van der Waals surface area contributed by atoms with Crippen LogP contribution in [0.2, 0.25) is 0 Å². The number of aliphatic hydroxyl groups excluding tert-OH is 1. The first-order valence-corrected chi connectivity index (χ1v) is 6.22. The molecule has 1 atom stereocenters. The van der Waals surface area contributed by atoms with Crippen LogP contribution in [0.25, 0.3) is 0 Å². The zero-order valence-corrected chi connectivity index (χ0v) is 10.3. The lowest BCUT2D eigenvalue weighted by atomic mass is 9.78. The average molecular weight is 254 g/mol. The van der Waals surface area contributed by atoms with Crippen molar-refractivity contribution in [2.24, 2.45) is 5.92 Å². The number of carboxylic acids is 1. The Morgan fingerprint density at radius 1 is 1.56 bits per heavy atom. The molecule has 0 spiro atoms. The molecular formula is C13H18O5. The molecule has 2 N–H and O–H groups in total. The van der Waals surface area contributed by atoms with Crippen LogP contribution in [0.15, 0.2) is 16.5 Å². The highest BCUT2D eigenvalue weighted by molar-refractivity contribution is 5.84. The molecule has 1 saturated carbocycles. The van der Waals surface area contributed by atoms with Gasteiger partial charge in [-0.1, -0.05) is 0 Å². The number of carbonyl (C=O) groups is 1. The molecule has 1 aromatic heterocycles. The molecule has 5 heteroatoms. The molecule has 0 aliphatic heterocycles. The lowest BCUT2D eigenvalue weighted by Gasteiger charge is -2.35. The van der Waals surface area contributed by atoms with Crippen molar-refractivity contribution in [2.75, 3.05) is 6.61 Å². The van der Waals surface area contributed by atoms with Crippen LogP contribution in [0, 0.1) is 5.92 Å². The maximum absolute atomic E-state index is 10.6. The average Bonchev–Trinajstić information content (AvgIpc) is 2.75. The molecule has 1 fully saturated rings. The van der Waals surface area contributed by atoms with Gasteiger partial charge in [0.05, 0.1) is 6.10 Å². The molecule has 1 aromatic rings. The van der Waals surface area contributed by atoms with E-state index in [0.29, 0.717) is 24.2 Å². The zero-order valence-electron chi connectivity index (χ0n) is 10.3. The van der Waals surface area contributed by atoms with E-state index in [0.717, 1.165) is 19.4 Å². The summed E-state index contributed by atoms with van der Waals surface area (Å²) in [6.45, 7) is 2.69. The fourth-order valence-electron chi connectivity index (χ4n) is 2.32. The Kier molecular flexibility index (Phi) is 4.04. The summed E-state index contributed by atoms with van der Waals surface area (Å²) in [5, 5.41) is 18.7. The highest BCUT2D eigenvalue weighted by Gasteiger charge is 2.32. The minimum absolute atomic E-state index is 0.134. The van der Waals surface area contributed by atoms with E-state index in [1.54, 1.807) is 0 Å². The molecule has 0 bridgehead atoms. The molecule has 1 heterocycles. The van der Waals surface area contributed by atoms with E-state index in [2.05, 4.69) is 0 Å². The molecule has 2 rings (SSSR count). The second-order valence-corrected chi connectivity index (χ2v) is 4.67. The number of aromatic carboxylic acids is 1. The topological polar surface area (TPSA) is 79.9 Å². The van der Waals surface area contributed by atoms with Crippen molar-refractivity contribution in [1.29, 1.82) is 0 Å². The van der Waals surface area contributed by atoms with Gasteiger partial charge < -0.3 is 19.4 Å². The van der Waals surface area contributed by atoms with Crippen molar-refractivity contribution in [2.45, 2.75) is 38.4 Å². The van der Waals surface area contributed by atoms with E-state index in [-0.39, 0.29) is 5.76 Å². The van der Waals surface area contributed by atoms with E-state index in [9.17, 15) is 9.90 Å². The molecule has 100 valence electrons. The number of furan rings is 1. The van der Waals surface area contributed by atoms with Gasteiger partial charge in [0.1, 0.15) is 11.9 Å². The Bertz CT molecular complexity index is 405. The van der Waals surface area contributed by atoms with Crippen LogP contribution in [-0.2, 0) is 4.74 Å².